The first kappa shape index (κ1) is 11.4. The lowest BCUT2D eigenvalue weighted by atomic mass is 10.2. The molecule has 2 heterocycles. The predicted octanol–water partition coefficient (Wildman–Crippen LogP) is 1.10. The van der Waals surface area contributed by atoms with Crippen molar-refractivity contribution in [1.29, 1.82) is 0 Å². The number of amides is 1. The molecule has 1 aliphatic rings. The van der Waals surface area contributed by atoms with Gasteiger partial charge in [-0.25, -0.2) is 0 Å². The van der Waals surface area contributed by atoms with E-state index in [-0.39, 0.29) is 11.9 Å². The van der Waals surface area contributed by atoms with Gasteiger partial charge in [-0.3, -0.25) is 9.78 Å². The molecule has 1 aromatic heterocycles. The summed E-state index contributed by atoms with van der Waals surface area (Å²) in [6, 6.07) is 3.54. The van der Waals surface area contributed by atoms with E-state index in [0.29, 0.717) is 11.6 Å². The molecule has 1 amide bonds. The zero-order valence-corrected chi connectivity index (χ0v) is 9.63. The van der Waals surface area contributed by atoms with Gasteiger partial charge in [-0.1, -0.05) is 11.6 Å². The number of carbonyl (C=O) groups is 1. The Kier molecular flexibility index (Phi) is 3.74. The Labute approximate surface area is 99.4 Å². The monoisotopic (exact) mass is 239 g/mol. The molecule has 0 saturated carbocycles. The van der Waals surface area contributed by atoms with E-state index >= 15 is 0 Å². The van der Waals surface area contributed by atoms with Crippen LogP contribution in [0.1, 0.15) is 18.5 Å². The SMILES string of the molecule is O=C(NCc1ccc(Cl)cn1)C1CCCN1. The van der Waals surface area contributed by atoms with E-state index in [9.17, 15) is 4.79 Å². The molecule has 0 radical (unpaired) electrons. The number of halogens is 1. The number of rotatable bonds is 3. The smallest absolute Gasteiger partial charge is 0.237 e. The third-order valence-corrected chi connectivity index (χ3v) is 2.83. The maximum absolute atomic E-state index is 11.7. The van der Waals surface area contributed by atoms with Crippen LogP contribution in [0.3, 0.4) is 0 Å². The van der Waals surface area contributed by atoms with Gasteiger partial charge in [0, 0.05) is 6.20 Å². The molecule has 0 aromatic carbocycles. The molecule has 0 aliphatic carbocycles. The molecule has 1 atom stereocenters. The van der Waals surface area contributed by atoms with Crippen LogP contribution in [0.25, 0.3) is 0 Å². The van der Waals surface area contributed by atoms with Gasteiger partial charge in [0.05, 0.1) is 23.3 Å². The molecule has 0 bridgehead atoms. The van der Waals surface area contributed by atoms with Gasteiger partial charge in [0.2, 0.25) is 5.91 Å². The molecular weight excluding hydrogens is 226 g/mol. The number of aromatic nitrogens is 1. The Morgan fingerprint density at radius 3 is 3.12 bits per heavy atom. The van der Waals surface area contributed by atoms with Crippen LogP contribution in [0.5, 0.6) is 0 Å². The third-order valence-electron chi connectivity index (χ3n) is 2.61. The summed E-state index contributed by atoms with van der Waals surface area (Å²) in [5, 5.41) is 6.61. The number of nitrogens with zero attached hydrogens (tertiary/aromatic N) is 1. The maximum Gasteiger partial charge on any atom is 0.237 e. The van der Waals surface area contributed by atoms with Crippen molar-refractivity contribution >= 4 is 17.5 Å². The summed E-state index contributed by atoms with van der Waals surface area (Å²) in [6.45, 7) is 1.38. The number of nitrogens with one attached hydrogen (secondary N) is 2. The van der Waals surface area contributed by atoms with Gasteiger partial charge in [0.1, 0.15) is 0 Å². The van der Waals surface area contributed by atoms with Gasteiger partial charge < -0.3 is 10.6 Å². The van der Waals surface area contributed by atoms with Crippen LogP contribution in [0.15, 0.2) is 18.3 Å². The van der Waals surface area contributed by atoms with Gasteiger partial charge in [-0.05, 0) is 31.5 Å². The predicted molar refractivity (Wildman–Crippen MR) is 62.1 cm³/mol. The van der Waals surface area contributed by atoms with Crippen LogP contribution in [0.2, 0.25) is 5.02 Å². The highest BCUT2D eigenvalue weighted by Crippen LogP contribution is 2.07. The first-order valence-corrected chi connectivity index (χ1v) is 5.75. The van der Waals surface area contributed by atoms with Gasteiger partial charge in [0.25, 0.3) is 0 Å². The van der Waals surface area contributed by atoms with Crippen molar-refractivity contribution in [2.75, 3.05) is 6.54 Å². The van der Waals surface area contributed by atoms with Gasteiger partial charge in [0.15, 0.2) is 0 Å². The third kappa shape index (κ3) is 2.93. The fraction of sp³-hybridized carbons (Fsp3) is 0.455. The van der Waals surface area contributed by atoms with Crippen molar-refractivity contribution < 1.29 is 4.79 Å². The van der Waals surface area contributed by atoms with Crippen LogP contribution in [-0.2, 0) is 11.3 Å². The Morgan fingerprint density at radius 2 is 2.50 bits per heavy atom. The Morgan fingerprint density at radius 1 is 1.62 bits per heavy atom. The molecule has 0 spiro atoms. The molecule has 1 aromatic rings. The molecule has 86 valence electrons. The van der Waals surface area contributed by atoms with Crippen LogP contribution in [-0.4, -0.2) is 23.5 Å². The molecule has 5 heteroatoms. The van der Waals surface area contributed by atoms with Crippen molar-refractivity contribution in [3.63, 3.8) is 0 Å². The number of hydrogen-bond donors (Lipinski definition) is 2. The number of hydrogen-bond acceptors (Lipinski definition) is 3. The van der Waals surface area contributed by atoms with Crippen LogP contribution in [0.4, 0.5) is 0 Å². The maximum atomic E-state index is 11.7. The average molecular weight is 240 g/mol. The quantitative estimate of drug-likeness (QED) is 0.831. The molecule has 4 nitrogen and oxygen atoms in total. The summed E-state index contributed by atoms with van der Waals surface area (Å²) in [5.74, 6) is 0.0502. The minimum atomic E-state index is -0.0349. The molecule has 1 unspecified atom stereocenters. The molecule has 2 N–H and O–H groups in total. The van der Waals surface area contributed by atoms with Crippen molar-refractivity contribution in [2.45, 2.75) is 25.4 Å². The Balaban J connectivity index is 1.82. The molecule has 16 heavy (non-hydrogen) atoms. The van der Waals surface area contributed by atoms with Crippen LogP contribution >= 0.6 is 11.6 Å². The van der Waals surface area contributed by atoms with Crippen molar-refractivity contribution in [3.8, 4) is 0 Å². The lowest BCUT2D eigenvalue weighted by molar-refractivity contribution is -0.122. The topological polar surface area (TPSA) is 54.0 Å². The van der Waals surface area contributed by atoms with Crippen molar-refractivity contribution in [3.05, 3.63) is 29.0 Å². The minimum absolute atomic E-state index is 0.0349. The van der Waals surface area contributed by atoms with Crippen LogP contribution in [0, 0.1) is 0 Å². The first-order chi connectivity index (χ1) is 7.75. The normalized spacial score (nSPS) is 19.7. The minimum Gasteiger partial charge on any atom is -0.349 e. The number of pyridine rings is 1. The summed E-state index contributed by atoms with van der Waals surface area (Å²) >= 11 is 5.72. The number of carbonyl (C=O) groups excluding carboxylic acids is 1. The summed E-state index contributed by atoms with van der Waals surface area (Å²) < 4.78 is 0. The molecule has 2 rings (SSSR count). The fourth-order valence-corrected chi connectivity index (χ4v) is 1.83. The molecule has 1 aliphatic heterocycles. The Hall–Kier alpha value is -1.13. The highest BCUT2D eigenvalue weighted by atomic mass is 35.5. The van der Waals surface area contributed by atoms with Gasteiger partial charge in [-0.15, -0.1) is 0 Å². The summed E-state index contributed by atoms with van der Waals surface area (Å²) in [6.07, 6.45) is 3.56. The zero-order chi connectivity index (χ0) is 11.4. The highest BCUT2D eigenvalue weighted by Gasteiger charge is 2.21. The lowest BCUT2D eigenvalue weighted by Crippen LogP contribution is -2.40. The first-order valence-electron chi connectivity index (χ1n) is 5.37. The summed E-state index contributed by atoms with van der Waals surface area (Å²) in [4.78, 5) is 15.8. The van der Waals surface area contributed by atoms with E-state index in [4.69, 9.17) is 11.6 Å². The summed E-state index contributed by atoms with van der Waals surface area (Å²) in [7, 11) is 0. The molecule has 1 fully saturated rings. The van der Waals surface area contributed by atoms with E-state index in [0.717, 1.165) is 25.1 Å². The molecular formula is C11H14ClN3O. The van der Waals surface area contributed by atoms with E-state index < -0.39 is 0 Å². The molecule has 1 saturated heterocycles. The standard InChI is InChI=1S/C11H14ClN3O/c12-8-3-4-9(14-6-8)7-15-11(16)10-2-1-5-13-10/h3-4,6,10,13H,1-2,5,7H2,(H,15,16). The average Bonchev–Trinajstić information content (AvgIpc) is 2.81. The van der Waals surface area contributed by atoms with Gasteiger partial charge in [-0.2, -0.15) is 0 Å². The van der Waals surface area contributed by atoms with E-state index in [2.05, 4.69) is 15.6 Å². The second-order valence-corrected chi connectivity index (χ2v) is 4.27. The van der Waals surface area contributed by atoms with Crippen molar-refractivity contribution in [2.24, 2.45) is 0 Å². The van der Waals surface area contributed by atoms with E-state index in [1.807, 2.05) is 6.07 Å². The van der Waals surface area contributed by atoms with Crippen molar-refractivity contribution in [1.82, 2.24) is 15.6 Å². The zero-order valence-electron chi connectivity index (χ0n) is 8.87. The highest BCUT2D eigenvalue weighted by molar-refractivity contribution is 6.30. The van der Waals surface area contributed by atoms with Crippen LogP contribution < -0.4 is 10.6 Å². The largest absolute Gasteiger partial charge is 0.349 e. The fourth-order valence-electron chi connectivity index (χ4n) is 1.72. The second-order valence-electron chi connectivity index (χ2n) is 3.83. The van der Waals surface area contributed by atoms with E-state index in [1.54, 1.807) is 12.3 Å². The lowest BCUT2D eigenvalue weighted by Gasteiger charge is -2.10. The van der Waals surface area contributed by atoms with Gasteiger partial charge >= 0.3 is 0 Å². The van der Waals surface area contributed by atoms with E-state index in [1.165, 1.54) is 0 Å². The second kappa shape index (κ2) is 5.27. The summed E-state index contributed by atoms with van der Waals surface area (Å²) in [5.41, 5.74) is 0.816. The Bertz CT molecular complexity index is 360.